The van der Waals surface area contributed by atoms with Crippen LogP contribution in [-0.2, 0) is 0 Å². The Morgan fingerprint density at radius 3 is 2.58 bits per heavy atom. The van der Waals surface area contributed by atoms with Crippen molar-refractivity contribution in [2.24, 2.45) is 0 Å². The number of fused-ring (bicyclic) bond motifs is 1. The van der Waals surface area contributed by atoms with Gasteiger partial charge in [0.15, 0.2) is 5.75 Å². The fourth-order valence-electron chi connectivity index (χ4n) is 1.92. The van der Waals surface area contributed by atoms with E-state index in [4.69, 9.17) is 4.74 Å². The summed E-state index contributed by atoms with van der Waals surface area (Å²) in [5.41, 5.74) is 1.01. The van der Waals surface area contributed by atoms with Crippen molar-refractivity contribution >= 4 is 16.8 Å². The topological polar surface area (TPSA) is 51.2 Å². The number of benzene rings is 1. The molecule has 0 aliphatic heterocycles. The van der Waals surface area contributed by atoms with E-state index in [1.54, 1.807) is 13.3 Å². The molecule has 0 atom stereocenters. The minimum Gasteiger partial charge on any atom is -0.494 e. The quantitative estimate of drug-likeness (QED) is 0.901. The maximum Gasteiger partial charge on any atom is 0.256 e. The Labute approximate surface area is 112 Å². The Bertz CT molecular complexity index is 615. The average molecular weight is 258 g/mol. The van der Waals surface area contributed by atoms with Crippen molar-refractivity contribution in [2.75, 3.05) is 7.11 Å². The van der Waals surface area contributed by atoms with Gasteiger partial charge in [0.25, 0.3) is 5.91 Å². The van der Waals surface area contributed by atoms with Gasteiger partial charge in [-0.15, -0.1) is 0 Å². The molecule has 4 heteroatoms. The maximum absolute atomic E-state index is 12.4. The molecule has 2 rings (SSSR count). The molecule has 1 heterocycles. The maximum atomic E-state index is 12.4. The second-order valence-corrected chi connectivity index (χ2v) is 5.42. The number of hydrogen-bond acceptors (Lipinski definition) is 3. The van der Waals surface area contributed by atoms with Crippen molar-refractivity contribution in [3.8, 4) is 5.75 Å². The monoisotopic (exact) mass is 258 g/mol. The van der Waals surface area contributed by atoms with Crippen molar-refractivity contribution in [1.82, 2.24) is 10.3 Å². The molecular weight excluding hydrogens is 240 g/mol. The summed E-state index contributed by atoms with van der Waals surface area (Å²) in [5, 5.41) is 3.75. The molecule has 0 aliphatic rings. The van der Waals surface area contributed by atoms with Crippen LogP contribution in [0, 0.1) is 0 Å². The number of hydrogen-bond donors (Lipinski definition) is 1. The SMILES string of the molecule is COc1cnc2ccccc2c1C(=O)NC(C)(C)C. The molecule has 0 unspecified atom stereocenters. The van der Waals surface area contributed by atoms with Crippen LogP contribution >= 0.6 is 0 Å². The Hall–Kier alpha value is -2.10. The molecule has 1 N–H and O–H groups in total. The van der Waals surface area contributed by atoms with E-state index in [2.05, 4.69) is 10.3 Å². The lowest BCUT2D eigenvalue weighted by molar-refractivity contribution is 0.0918. The van der Waals surface area contributed by atoms with E-state index in [0.717, 1.165) is 10.9 Å². The standard InChI is InChI=1S/C15H18N2O2/c1-15(2,3)17-14(18)13-10-7-5-6-8-11(10)16-9-12(13)19-4/h5-9H,1-4H3,(H,17,18). The second kappa shape index (κ2) is 4.88. The summed E-state index contributed by atoms with van der Waals surface area (Å²) in [6, 6.07) is 7.54. The lowest BCUT2D eigenvalue weighted by atomic mass is 10.0. The molecule has 1 amide bonds. The molecule has 100 valence electrons. The molecule has 19 heavy (non-hydrogen) atoms. The first-order chi connectivity index (χ1) is 8.92. The largest absolute Gasteiger partial charge is 0.494 e. The number of ether oxygens (including phenoxy) is 1. The highest BCUT2D eigenvalue weighted by Gasteiger charge is 2.21. The van der Waals surface area contributed by atoms with E-state index in [-0.39, 0.29) is 11.4 Å². The van der Waals surface area contributed by atoms with Gasteiger partial charge in [0.1, 0.15) is 0 Å². The zero-order valence-corrected chi connectivity index (χ0v) is 11.7. The number of nitrogens with zero attached hydrogens (tertiary/aromatic N) is 1. The zero-order chi connectivity index (χ0) is 14.0. The van der Waals surface area contributed by atoms with Gasteiger partial charge in [-0.3, -0.25) is 9.78 Å². The molecule has 0 fully saturated rings. The number of methoxy groups -OCH3 is 1. The minimum absolute atomic E-state index is 0.150. The highest BCUT2D eigenvalue weighted by Crippen LogP contribution is 2.26. The molecule has 0 radical (unpaired) electrons. The summed E-state index contributed by atoms with van der Waals surface area (Å²) in [6.45, 7) is 5.84. The highest BCUT2D eigenvalue weighted by atomic mass is 16.5. The summed E-state index contributed by atoms with van der Waals surface area (Å²) in [7, 11) is 1.54. The van der Waals surface area contributed by atoms with Crippen LogP contribution in [-0.4, -0.2) is 23.5 Å². The van der Waals surface area contributed by atoms with Gasteiger partial charge in [0.05, 0.1) is 24.4 Å². The molecule has 0 saturated carbocycles. The molecular formula is C15H18N2O2. The summed E-state index contributed by atoms with van der Waals surface area (Å²) < 4.78 is 5.27. The van der Waals surface area contributed by atoms with Crippen LogP contribution in [0.25, 0.3) is 10.9 Å². The molecule has 1 aromatic carbocycles. The van der Waals surface area contributed by atoms with Crippen LogP contribution in [0.2, 0.25) is 0 Å². The number of nitrogens with one attached hydrogen (secondary N) is 1. The summed E-state index contributed by atoms with van der Waals surface area (Å²) in [5.74, 6) is 0.336. The van der Waals surface area contributed by atoms with Crippen LogP contribution in [0.3, 0.4) is 0 Å². The first-order valence-electron chi connectivity index (χ1n) is 6.16. The summed E-state index contributed by atoms with van der Waals surface area (Å²) in [6.07, 6.45) is 1.58. The van der Waals surface area contributed by atoms with Crippen molar-refractivity contribution < 1.29 is 9.53 Å². The molecule has 0 bridgehead atoms. The van der Waals surface area contributed by atoms with Gasteiger partial charge < -0.3 is 10.1 Å². The Kier molecular flexibility index (Phi) is 3.42. The van der Waals surface area contributed by atoms with Crippen LogP contribution in [0.5, 0.6) is 5.75 Å². The van der Waals surface area contributed by atoms with Gasteiger partial charge >= 0.3 is 0 Å². The van der Waals surface area contributed by atoms with Gasteiger partial charge in [0, 0.05) is 10.9 Å². The fourth-order valence-corrected chi connectivity index (χ4v) is 1.92. The number of para-hydroxylation sites is 1. The first kappa shape index (κ1) is 13.3. The van der Waals surface area contributed by atoms with E-state index in [0.29, 0.717) is 11.3 Å². The lowest BCUT2D eigenvalue weighted by Gasteiger charge is -2.21. The average Bonchev–Trinajstić information content (AvgIpc) is 2.35. The second-order valence-electron chi connectivity index (χ2n) is 5.42. The highest BCUT2D eigenvalue weighted by molar-refractivity contribution is 6.08. The molecule has 0 saturated heterocycles. The van der Waals surface area contributed by atoms with E-state index in [1.807, 2.05) is 45.0 Å². The number of rotatable bonds is 2. The molecule has 0 aliphatic carbocycles. The van der Waals surface area contributed by atoms with Crippen LogP contribution in [0.1, 0.15) is 31.1 Å². The van der Waals surface area contributed by atoms with Crippen LogP contribution in [0.15, 0.2) is 30.5 Å². The molecule has 0 spiro atoms. The van der Waals surface area contributed by atoms with Gasteiger partial charge in [-0.2, -0.15) is 0 Å². The first-order valence-corrected chi connectivity index (χ1v) is 6.16. The number of pyridine rings is 1. The summed E-state index contributed by atoms with van der Waals surface area (Å²) >= 11 is 0. The summed E-state index contributed by atoms with van der Waals surface area (Å²) in [4.78, 5) is 16.7. The van der Waals surface area contributed by atoms with Crippen molar-refractivity contribution in [2.45, 2.75) is 26.3 Å². The number of carbonyl (C=O) groups excluding carboxylic acids is 1. The van der Waals surface area contributed by atoms with E-state index in [9.17, 15) is 4.79 Å². The van der Waals surface area contributed by atoms with Crippen molar-refractivity contribution in [3.63, 3.8) is 0 Å². The fraction of sp³-hybridized carbons (Fsp3) is 0.333. The number of carbonyl (C=O) groups is 1. The third-order valence-electron chi connectivity index (χ3n) is 2.68. The van der Waals surface area contributed by atoms with Crippen molar-refractivity contribution in [3.05, 3.63) is 36.0 Å². The van der Waals surface area contributed by atoms with E-state index < -0.39 is 0 Å². The van der Waals surface area contributed by atoms with Crippen LogP contribution < -0.4 is 10.1 Å². The zero-order valence-electron chi connectivity index (χ0n) is 11.7. The minimum atomic E-state index is -0.299. The molecule has 4 nitrogen and oxygen atoms in total. The predicted octanol–water partition coefficient (Wildman–Crippen LogP) is 2.77. The van der Waals surface area contributed by atoms with Gasteiger partial charge in [0.2, 0.25) is 0 Å². The third kappa shape index (κ3) is 2.84. The van der Waals surface area contributed by atoms with Gasteiger partial charge in [-0.05, 0) is 26.8 Å². The lowest BCUT2D eigenvalue weighted by Crippen LogP contribution is -2.40. The van der Waals surface area contributed by atoms with Crippen LogP contribution in [0.4, 0.5) is 0 Å². The van der Waals surface area contributed by atoms with E-state index in [1.165, 1.54) is 0 Å². The third-order valence-corrected chi connectivity index (χ3v) is 2.68. The van der Waals surface area contributed by atoms with E-state index >= 15 is 0 Å². The van der Waals surface area contributed by atoms with Gasteiger partial charge in [-0.25, -0.2) is 0 Å². The predicted molar refractivity (Wildman–Crippen MR) is 75.5 cm³/mol. The number of aromatic nitrogens is 1. The van der Waals surface area contributed by atoms with Crippen molar-refractivity contribution in [1.29, 1.82) is 0 Å². The smallest absolute Gasteiger partial charge is 0.256 e. The Morgan fingerprint density at radius 2 is 1.95 bits per heavy atom. The number of amides is 1. The molecule has 2 aromatic rings. The van der Waals surface area contributed by atoms with Gasteiger partial charge in [-0.1, -0.05) is 18.2 Å². The Morgan fingerprint density at radius 1 is 1.26 bits per heavy atom. The molecule has 1 aromatic heterocycles. The Balaban J connectivity index is 2.59. The normalized spacial score (nSPS) is 11.4.